The van der Waals surface area contributed by atoms with Gasteiger partial charge >= 0.3 is 0 Å². The Bertz CT molecular complexity index is 971. The number of aryl methyl sites for hydroxylation is 1. The van der Waals surface area contributed by atoms with E-state index in [2.05, 4.69) is 26.1 Å². The van der Waals surface area contributed by atoms with Crippen molar-refractivity contribution in [3.05, 3.63) is 63.4 Å². The summed E-state index contributed by atoms with van der Waals surface area (Å²) < 4.78 is 6.43. The Balaban J connectivity index is 1.58. The van der Waals surface area contributed by atoms with E-state index in [-0.39, 0.29) is 11.8 Å². The average Bonchev–Trinajstić information content (AvgIpc) is 3.25. The number of benzene rings is 2. The number of anilines is 1. The number of amides is 1. The lowest BCUT2D eigenvalue weighted by Gasteiger charge is -2.18. The van der Waals surface area contributed by atoms with Crippen molar-refractivity contribution in [3.63, 3.8) is 0 Å². The highest BCUT2D eigenvalue weighted by Gasteiger charge is 2.35. The molecule has 0 bridgehead atoms. The van der Waals surface area contributed by atoms with E-state index in [1.165, 1.54) is 0 Å². The van der Waals surface area contributed by atoms with Gasteiger partial charge in [-0.3, -0.25) is 4.79 Å². The molecule has 1 aromatic heterocycles. The number of hydrogen-bond donors (Lipinski definition) is 0. The molecule has 1 amide bonds. The van der Waals surface area contributed by atoms with Gasteiger partial charge in [-0.1, -0.05) is 38.8 Å². The first-order valence-electron chi connectivity index (χ1n) is 8.17. The Morgan fingerprint density at radius 3 is 2.77 bits per heavy atom. The van der Waals surface area contributed by atoms with E-state index in [1.54, 1.807) is 4.90 Å². The maximum absolute atomic E-state index is 12.5. The summed E-state index contributed by atoms with van der Waals surface area (Å²) in [6.07, 6.45) is 0.341. The van der Waals surface area contributed by atoms with Crippen LogP contribution in [0.3, 0.4) is 0 Å². The molecular formula is C19H15BrClN3O2. The third kappa shape index (κ3) is 3.27. The fourth-order valence-electron chi connectivity index (χ4n) is 3.10. The van der Waals surface area contributed by atoms with Crippen LogP contribution < -0.4 is 4.90 Å². The second-order valence-corrected chi connectivity index (χ2v) is 7.65. The summed E-state index contributed by atoms with van der Waals surface area (Å²) >= 11 is 9.50. The summed E-state index contributed by atoms with van der Waals surface area (Å²) in [6, 6.07) is 13.2. The Kier molecular flexibility index (Phi) is 4.54. The fourth-order valence-corrected chi connectivity index (χ4v) is 3.53. The van der Waals surface area contributed by atoms with Gasteiger partial charge in [0.05, 0.1) is 5.92 Å². The molecule has 4 rings (SSSR count). The molecular weight excluding hydrogens is 418 g/mol. The van der Waals surface area contributed by atoms with Crippen LogP contribution in [0.15, 0.2) is 51.5 Å². The summed E-state index contributed by atoms with van der Waals surface area (Å²) in [4.78, 5) is 18.8. The smallest absolute Gasteiger partial charge is 0.232 e. The molecule has 0 aliphatic carbocycles. The van der Waals surface area contributed by atoms with Gasteiger partial charge in [0, 0.05) is 33.7 Å². The Labute approximate surface area is 164 Å². The zero-order valence-corrected chi connectivity index (χ0v) is 16.3. The van der Waals surface area contributed by atoms with Crippen molar-refractivity contribution in [3.8, 4) is 11.4 Å². The van der Waals surface area contributed by atoms with E-state index < -0.39 is 0 Å². The minimum Gasteiger partial charge on any atom is -0.339 e. The molecule has 1 aliphatic heterocycles. The van der Waals surface area contributed by atoms with Gasteiger partial charge in [-0.15, -0.1) is 0 Å². The van der Waals surface area contributed by atoms with Gasteiger partial charge in [0.2, 0.25) is 17.6 Å². The van der Waals surface area contributed by atoms with Crippen LogP contribution in [0.25, 0.3) is 11.4 Å². The molecule has 0 N–H and O–H groups in total. The summed E-state index contributed by atoms with van der Waals surface area (Å²) in [5, 5.41) is 4.67. The molecule has 26 heavy (non-hydrogen) atoms. The molecule has 7 heteroatoms. The number of hydrogen-bond acceptors (Lipinski definition) is 4. The molecule has 2 aromatic carbocycles. The van der Waals surface area contributed by atoms with Gasteiger partial charge < -0.3 is 9.42 Å². The van der Waals surface area contributed by atoms with Gasteiger partial charge in [-0.2, -0.15) is 4.98 Å². The lowest BCUT2D eigenvalue weighted by Crippen LogP contribution is -2.25. The summed E-state index contributed by atoms with van der Waals surface area (Å²) in [5.41, 5.74) is 2.71. The highest BCUT2D eigenvalue weighted by Crippen LogP contribution is 2.34. The number of nitrogens with zero attached hydrogens (tertiary/aromatic N) is 3. The van der Waals surface area contributed by atoms with Crippen LogP contribution in [0, 0.1) is 6.92 Å². The van der Waals surface area contributed by atoms with Gasteiger partial charge in [0.15, 0.2) is 0 Å². The van der Waals surface area contributed by atoms with Crippen LogP contribution in [0.2, 0.25) is 5.02 Å². The summed E-state index contributed by atoms with van der Waals surface area (Å²) in [6.45, 7) is 2.46. The van der Waals surface area contributed by atoms with Gasteiger partial charge in [0.25, 0.3) is 0 Å². The topological polar surface area (TPSA) is 59.2 Å². The van der Waals surface area contributed by atoms with Crippen LogP contribution in [0.4, 0.5) is 5.69 Å². The molecule has 1 unspecified atom stereocenters. The van der Waals surface area contributed by atoms with Crippen molar-refractivity contribution in [1.29, 1.82) is 0 Å². The minimum atomic E-state index is -0.127. The zero-order chi connectivity index (χ0) is 18.3. The van der Waals surface area contributed by atoms with Gasteiger partial charge in [-0.25, -0.2) is 0 Å². The van der Waals surface area contributed by atoms with Gasteiger partial charge in [-0.05, 0) is 48.9 Å². The second kappa shape index (κ2) is 6.85. The molecule has 1 atom stereocenters. The maximum atomic E-state index is 12.5. The zero-order valence-electron chi connectivity index (χ0n) is 13.9. The quantitative estimate of drug-likeness (QED) is 0.585. The molecule has 0 spiro atoms. The average molecular weight is 433 g/mol. The highest BCUT2D eigenvalue weighted by atomic mass is 79.9. The van der Waals surface area contributed by atoms with E-state index in [0.29, 0.717) is 29.7 Å². The first-order chi connectivity index (χ1) is 12.5. The molecule has 1 saturated heterocycles. The molecule has 2 heterocycles. The number of rotatable bonds is 3. The molecule has 0 saturated carbocycles. The van der Waals surface area contributed by atoms with Crippen LogP contribution in [0.1, 0.15) is 23.8 Å². The fraction of sp³-hybridized carbons (Fsp3) is 0.211. The predicted octanol–water partition coefficient (Wildman–Crippen LogP) is 4.98. The van der Waals surface area contributed by atoms with E-state index in [1.807, 2.05) is 49.4 Å². The van der Waals surface area contributed by atoms with Gasteiger partial charge in [0.1, 0.15) is 0 Å². The van der Waals surface area contributed by atoms with Crippen molar-refractivity contribution in [2.45, 2.75) is 19.3 Å². The highest BCUT2D eigenvalue weighted by molar-refractivity contribution is 9.10. The maximum Gasteiger partial charge on any atom is 0.232 e. The summed E-state index contributed by atoms with van der Waals surface area (Å²) in [5.74, 6) is 0.914. The molecule has 0 radical (unpaired) electrons. The van der Waals surface area contributed by atoms with E-state index in [0.717, 1.165) is 21.3 Å². The number of halogens is 2. The van der Waals surface area contributed by atoms with Crippen molar-refractivity contribution in [2.75, 3.05) is 11.4 Å². The number of carbonyl (C=O) groups excluding carboxylic acids is 1. The first kappa shape index (κ1) is 17.2. The van der Waals surface area contributed by atoms with Crippen LogP contribution in [-0.4, -0.2) is 22.6 Å². The van der Waals surface area contributed by atoms with Crippen LogP contribution >= 0.6 is 27.5 Å². The molecule has 3 aromatic rings. The SMILES string of the molecule is Cc1ccc(Cl)cc1N1CC(c2nc(-c3ccc(Br)cc3)no2)CC1=O. The lowest BCUT2D eigenvalue weighted by atomic mass is 10.1. The Morgan fingerprint density at radius 1 is 1.23 bits per heavy atom. The second-order valence-electron chi connectivity index (χ2n) is 6.30. The Hall–Kier alpha value is -2.18. The number of aromatic nitrogens is 2. The third-order valence-electron chi connectivity index (χ3n) is 4.48. The predicted molar refractivity (Wildman–Crippen MR) is 103 cm³/mol. The molecule has 1 fully saturated rings. The molecule has 132 valence electrons. The van der Waals surface area contributed by atoms with Crippen LogP contribution in [0.5, 0.6) is 0 Å². The lowest BCUT2D eigenvalue weighted by molar-refractivity contribution is -0.117. The standard InChI is InChI=1S/C19H15BrClN3O2/c1-11-2-7-15(21)9-16(11)24-10-13(8-17(24)25)19-22-18(23-26-19)12-3-5-14(20)6-4-12/h2-7,9,13H,8,10H2,1H3. The van der Waals surface area contributed by atoms with E-state index in [9.17, 15) is 4.79 Å². The Morgan fingerprint density at radius 2 is 2.00 bits per heavy atom. The largest absolute Gasteiger partial charge is 0.339 e. The molecule has 5 nitrogen and oxygen atoms in total. The normalized spacial score (nSPS) is 17.1. The van der Waals surface area contributed by atoms with E-state index >= 15 is 0 Å². The van der Waals surface area contributed by atoms with Crippen molar-refractivity contribution in [2.24, 2.45) is 0 Å². The van der Waals surface area contributed by atoms with Crippen molar-refractivity contribution >= 4 is 39.1 Å². The van der Waals surface area contributed by atoms with Crippen molar-refractivity contribution < 1.29 is 9.32 Å². The number of carbonyl (C=O) groups is 1. The minimum absolute atomic E-state index is 0.0313. The van der Waals surface area contributed by atoms with Crippen LogP contribution in [-0.2, 0) is 4.79 Å². The van der Waals surface area contributed by atoms with E-state index in [4.69, 9.17) is 16.1 Å². The molecule has 1 aliphatic rings. The third-order valence-corrected chi connectivity index (χ3v) is 5.24. The first-order valence-corrected chi connectivity index (χ1v) is 9.34. The monoisotopic (exact) mass is 431 g/mol. The summed E-state index contributed by atoms with van der Waals surface area (Å²) in [7, 11) is 0. The van der Waals surface area contributed by atoms with Crippen molar-refractivity contribution in [1.82, 2.24) is 10.1 Å².